The van der Waals surface area contributed by atoms with Gasteiger partial charge in [0.2, 0.25) is 5.44 Å². The van der Waals surface area contributed by atoms with Crippen LogP contribution < -0.4 is 10.1 Å². The number of thioether (sulfide) groups is 1. The maximum atomic E-state index is 12.5. The van der Waals surface area contributed by atoms with Gasteiger partial charge in [0, 0.05) is 16.1 Å². The molecule has 4 nitrogen and oxygen atoms in total. The minimum Gasteiger partial charge on any atom is -0.470 e. The Morgan fingerprint density at radius 3 is 2.76 bits per heavy atom. The van der Waals surface area contributed by atoms with Crippen molar-refractivity contribution in [3.8, 4) is 17.6 Å². The molecule has 132 valence electrons. The van der Waals surface area contributed by atoms with Crippen LogP contribution in [0.25, 0.3) is 10.9 Å². The number of carbonyl (C=O) groups is 1. The first-order chi connectivity index (χ1) is 11.8. The predicted molar refractivity (Wildman–Crippen MR) is 108 cm³/mol. The molecule has 0 saturated heterocycles. The molecule has 2 rings (SSSR count). The number of halogens is 1. The molecule has 1 unspecified atom stereocenters. The molecule has 0 aliphatic heterocycles. The molecule has 1 aromatic heterocycles. The van der Waals surface area contributed by atoms with Crippen molar-refractivity contribution in [3.05, 3.63) is 34.4 Å². The van der Waals surface area contributed by atoms with Crippen LogP contribution in [0.3, 0.4) is 0 Å². The van der Waals surface area contributed by atoms with E-state index >= 15 is 0 Å². The van der Waals surface area contributed by atoms with E-state index in [2.05, 4.69) is 38.1 Å². The highest BCUT2D eigenvalue weighted by atomic mass is 79.9. The molecule has 1 N–H and O–H groups in total. The maximum Gasteiger partial charge on any atom is 0.272 e. The number of benzene rings is 1. The topological polar surface area (TPSA) is 51.2 Å². The lowest BCUT2D eigenvalue weighted by molar-refractivity contribution is -0.125. The molecule has 25 heavy (non-hydrogen) atoms. The first-order valence-corrected chi connectivity index (χ1v) is 9.85. The molecule has 0 radical (unpaired) electrons. The van der Waals surface area contributed by atoms with Gasteiger partial charge in [0.15, 0.2) is 0 Å². The van der Waals surface area contributed by atoms with Gasteiger partial charge >= 0.3 is 0 Å². The van der Waals surface area contributed by atoms with Crippen molar-refractivity contribution in [1.82, 2.24) is 10.3 Å². The molecule has 1 aromatic carbocycles. The van der Waals surface area contributed by atoms with Crippen molar-refractivity contribution in [2.45, 2.75) is 38.7 Å². The third-order valence-electron chi connectivity index (χ3n) is 3.39. The Labute approximate surface area is 161 Å². The first kappa shape index (κ1) is 19.6. The van der Waals surface area contributed by atoms with Crippen LogP contribution in [0, 0.1) is 18.8 Å². The number of nitrogens with one attached hydrogen (secondary N) is 1. The zero-order chi connectivity index (χ0) is 18.6. The number of aromatic nitrogens is 1. The van der Waals surface area contributed by atoms with Crippen LogP contribution in [0.1, 0.15) is 26.3 Å². The largest absolute Gasteiger partial charge is 0.470 e. The second-order valence-electron chi connectivity index (χ2n) is 6.16. The van der Waals surface area contributed by atoms with Gasteiger partial charge in [0.1, 0.15) is 5.75 Å². The van der Waals surface area contributed by atoms with Crippen LogP contribution in [-0.2, 0) is 4.79 Å². The van der Waals surface area contributed by atoms with Crippen LogP contribution >= 0.6 is 27.7 Å². The lowest BCUT2D eigenvalue weighted by atomic mass is 10.1. The number of amides is 1. The minimum atomic E-state index is -0.667. The Morgan fingerprint density at radius 2 is 2.12 bits per heavy atom. The van der Waals surface area contributed by atoms with E-state index in [-0.39, 0.29) is 5.91 Å². The first-order valence-electron chi connectivity index (χ1n) is 7.77. The monoisotopic (exact) mass is 420 g/mol. The van der Waals surface area contributed by atoms with E-state index in [1.807, 2.05) is 51.4 Å². The van der Waals surface area contributed by atoms with Crippen LogP contribution in [0.15, 0.2) is 28.9 Å². The van der Waals surface area contributed by atoms with Crippen LogP contribution in [0.4, 0.5) is 0 Å². The number of hydrogen-bond donors (Lipinski definition) is 1. The fraction of sp³-hybridized carbons (Fsp3) is 0.368. The van der Waals surface area contributed by atoms with Gasteiger partial charge < -0.3 is 10.1 Å². The molecule has 6 heteroatoms. The molecular formula is C19H21BrN2O2S. The smallest absolute Gasteiger partial charge is 0.272 e. The van der Waals surface area contributed by atoms with Crippen molar-refractivity contribution < 1.29 is 9.53 Å². The van der Waals surface area contributed by atoms with Crippen LogP contribution in [0.5, 0.6) is 5.75 Å². The highest BCUT2D eigenvalue weighted by molar-refractivity contribution is 9.10. The van der Waals surface area contributed by atoms with E-state index in [0.29, 0.717) is 5.75 Å². The van der Waals surface area contributed by atoms with Crippen LogP contribution in [-0.4, -0.2) is 28.1 Å². The SMILES string of the molecule is CC#CC(C)(C)NC(=O)C(Oc1cc(Br)c2ncc(C)cc2c1)SC. The molecule has 1 heterocycles. The van der Waals surface area contributed by atoms with E-state index in [9.17, 15) is 4.79 Å². The highest BCUT2D eigenvalue weighted by Crippen LogP contribution is 2.30. The number of aryl methyl sites for hydroxylation is 1. The molecule has 1 atom stereocenters. The van der Waals surface area contributed by atoms with Gasteiger partial charge in [-0.3, -0.25) is 9.78 Å². The number of carbonyl (C=O) groups excluding carboxylic acids is 1. The number of rotatable bonds is 5. The third kappa shape index (κ3) is 5.13. The number of hydrogen-bond acceptors (Lipinski definition) is 4. The Bertz CT molecular complexity index is 856. The summed E-state index contributed by atoms with van der Waals surface area (Å²) in [4.78, 5) is 16.9. The average molecular weight is 421 g/mol. The van der Waals surface area contributed by atoms with Crippen LogP contribution in [0.2, 0.25) is 0 Å². The number of pyridine rings is 1. The Kier molecular flexibility index (Phi) is 6.36. The summed E-state index contributed by atoms with van der Waals surface area (Å²) in [7, 11) is 0. The Hall–Kier alpha value is -1.71. The third-order valence-corrected chi connectivity index (χ3v) is 4.73. The number of nitrogens with zero attached hydrogens (tertiary/aromatic N) is 1. The molecule has 1 amide bonds. The quantitative estimate of drug-likeness (QED) is 0.578. The normalized spacial score (nSPS) is 12.2. The second kappa shape index (κ2) is 8.11. The van der Waals surface area contributed by atoms with E-state index in [4.69, 9.17) is 4.74 Å². The molecule has 0 saturated carbocycles. The Morgan fingerprint density at radius 1 is 1.40 bits per heavy atom. The molecule has 0 fully saturated rings. The van der Waals surface area contributed by atoms with Crippen molar-refractivity contribution in [2.24, 2.45) is 0 Å². The molecule has 0 aliphatic rings. The van der Waals surface area contributed by atoms with E-state index in [1.54, 1.807) is 6.92 Å². The van der Waals surface area contributed by atoms with Gasteiger partial charge in [-0.2, -0.15) is 0 Å². The Balaban J connectivity index is 2.24. The van der Waals surface area contributed by atoms with Gasteiger partial charge in [-0.25, -0.2) is 0 Å². The summed E-state index contributed by atoms with van der Waals surface area (Å²) in [6.45, 7) is 7.46. The van der Waals surface area contributed by atoms with E-state index in [1.165, 1.54) is 11.8 Å². The molecule has 0 spiro atoms. The number of fused-ring (bicyclic) bond motifs is 1. The summed E-state index contributed by atoms with van der Waals surface area (Å²) in [5, 5.41) is 3.87. The summed E-state index contributed by atoms with van der Waals surface area (Å²) in [5.41, 5.74) is 0.659. The fourth-order valence-electron chi connectivity index (χ4n) is 2.40. The van der Waals surface area contributed by atoms with Crippen molar-refractivity contribution in [3.63, 3.8) is 0 Å². The van der Waals surface area contributed by atoms with E-state index in [0.717, 1.165) is 20.9 Å². The maximum absolute atomic E-state index is 12.5. The van der Waals surface area contributed by atoms with Gasteiger partial charge in [0.05, 0.1) is 11.1 Å². The molecule has 0 aliphatic carbocycles. The molecule has 0 bridgehead atoms. The predicted octanol–water partition coefficient (Wildman–Crippen LogP) is 4.29. The lowest BCUT2D eigenvalue weighted by Gasteiger charge is -2.24. The number of ether oxygens (including phenoxy) is 1. The minimum absolute atomic E-state index is 0.209. The van der Waals surface area contributed by atoms with Gasteiger partial charge in [-0.05, 0) is 73.6 Å². The summed E-state index contributed by atoms with van der Waals surface area (Å²) in [5.74, 6) is 6.20. The zero-order valence-corrected chi connectivity index (χ0v) is 17.3. The lowest BCUT2D eigenvalue weighted by Crippen LogP contribution is -2.47. The van der Waals surface area contributed by atoms with Crippen molar-refractivity contribution in [1.29, 1.82) is 0 Å². The summed E-state index contributed by atoms with van der Waals surface area (Å²) < 4.78 is 6.75. The summed E-state index contributed by atoms with van der Waals surface area (Å²) in [6, 6.07) is 5.76. The second-order valence-corrected chi connectivity index (χ2v) is 7.92. The van der Waals surface area contributed by atoms with Crippen molar-refractivity contribution in [2.75, 3.05) is 6.26 Å². The average Bonchev–Trinajstić information content (AvgIpc) is 2.51. The van der Waals surface area contributed by atoms with Gasteiger partial charge in [0.25, 0.3) is 5.91 Å². The fourth-order valence-corrected chi connectivity index (χ4v) is 3.44. The molecular weight excluding hydrogens is 400 g/mol. The molecule has 2 aromatic rings. The zero-order valence-electron chi connectivity index (χ0n) is 14.9. The standard InChI is InChI=1S/C19H21BrN2O2S/c1-6-7-19(3,4)22-17(23)18(25-5)24-14-9-13-8-12(2)11-21-16(13)15(20)10-14/h8-11,18H,1-5H3,(H,22,23). The van der Waals surface area contributed by atoms with Gasteiger partial charge in [-0.15, -0.1) is 17.7 Å². The van der Waals surface area contributed by atoms with Crippen molar-refractivity contribution >= 4 is 44.5 Å². The highest BCUT2D eigenvalue weighted by Gasteiger charge is 2.25. The summed E-state index contributed by atoms with van der Waals surface area (Å²) in [6.07, 6.45) is 3.66. The van der Waals surface area contributed by atoms with Gasteiger partial charge in [-0.1, -0.05) is 5.92 Å². The summed E-state index contributed by atoms with van der Waals surface area (Å²) >= 11 is 4.86. The van der Waals surface area contributed by atoms with E-state index < -0.39 is 11.0 Å².